The molecule has 3 heteroatoms. The number of aromatic amines is 1. The zero-order chi connectivity index (χ0) is 15.7. The van der Waals surface area contributed by atoms with Gasteiger partial charge in [0.1, 0.15) is 6.07 Å². The molecule has 0 spiro atoms. The van der Waals surface area contributed by atoms with E-state index >= 15 is 0 Å². The van der Waals surface area contributed by atoms with E-state index in [1.807, 2.05) is 0 Å². The van der Waals surface area contributed by atoms with Crippen LogP contribution < -0.4 is 0 Å². The molecule has 3 nitrogen and oxygen atoms in total. The van der Waals surface area contributed by atoms with Gasteiger partial charge < -0.3 is 0 Å². The van der Waals surface area contributed by atoms with Crippen molar-refractivity contribution >= 4 is 6.08 Å². The van der Waals surface area contributed by atoms with Gasteiger partial charge in [-0.2, -0.15) is 10.4 Å². The van der Waals surface area contributed by atoms with Crippen molar-refractivity contribution in [2.45, 2.75) is 43.9 Å². The van der Waals surface area contributed by atoms with Crippen LogP contribution in [0.2, 0.25) is 0 Å². The molecular formula is C20H21N3. The average molecular weight is 303 g/mol. The third-order valence-corrected chi connectivity index (χ3v) is 5.65. The fourth-order valence-electron chi connectivity index (χ4n) is 4.45. The van der Waals surface area contributed by atoms with Gasteiger partial charge in [0.25, 0.3) is 0 Å². The first-order valence-corrected chi connectivity index (χ1v) is 8.55. The van der Waals surface area contributed by atoms with Gasteiger partial charge in [0.05, 0.1) is 0 Å². The van der Waals surface area contributed by atoms with Crippen LogP contribution in [0.15, 0.2) is 36.4 Å². The Morgan fingerprint density at radius 2 is 1.91 bits per heavy atom. The highest BCUT2D eigenvalue weighted by Gasteiger charge is 2.41. The van der Waals surface area contributed by atoms with Crippen molar-refractivity contribution in [1.29, 1.82) is 5.26 Å². The highest BCUT2D eigenvalue weighted by Crippen LogP contribution is 2.47. The number of nitrogens with one attached hydrogen (secondary N) is 1. The van der Waals surface area contributed by atoms with Gasteiger partial charge >= 0.3 is 0 Å². The van der Waals surface area contributed by atoms with Crippen LogP contribution in [-0.4, -0.2) is 10.2 Å². The molecule has 4 rings (SSSR count). The van der Waals surface area contributed by atoms with Gasteiger partial charge in [-0.3, -0.25) is 5.10 Å². The molecule has 2 aromatic rings. The van der Waals surface area contributed by atoms with Crippen LogP contribution in [0.3, 0.4) is 0 Å². The van der Waals surface area contributed by atoms with Crippen molar-refractivity contribution in [3.8, 4) is 6.07 Å². The third-order valence-electron chi connectivity index (χ3n) is 5.65. The fourth-order valence-corrected chi connectivity index (χ4v) is 4.45. The second-order valence-corrected chi connectivity index (χ2v) is 6.83. The van der Waals surface area contributed by atoms with E-state index < -0.39 is 0 Å². The fraction of sp³-hybridized carbons (Fsp3) is 0.400. The van der Waals surface area contributed by atoms with E-state index in [0.717, 1.165) is 17.7 Å². The smallest absolute Gasteiger partial charge is 0.169 e. The Labute approximate surface area is 137 Å². The number of hydrogen-bond acceptors (Lipinski definition) is 2. The monoisotopic (exact) mass is 303 g/mol. The van der Waals surface area contributed by atoms with E-state index in [2.05, 4.69) is 58.8 Å². The molecule has 23 heavy (non-hydrogen) atoms. The normalized spacial score (nSPS) is 24.1. The number of H-pyrrole nitrogens is 1. The van der Waals surface area contributed by atoms with Crippen LogP contribution in [0.1, 0.15) is 54.6 Å². The van der Waals surface area contributed by atoms with Crippen LogP contribution in [0, 0.1) is 17.2 Å². The van der Waals surface area contributed by atoms with Gasteiger partial charge in [-0.25, -0.2) is 0 Å². The first kappa shape index (κ1) is 14.3. The maximum absolute atomic E-state index is 9.21. The molecule has 0 aliphatic heterocycles. The van der Waals surface area contributed by atoms with Crippen molar-refractivity contribution < 1.29 is 0 Å². The summed E-state index contributed by atoms with van der Waals surface area (Å²) in [7, 11) is 0. The van der Waals surface area contributed by atoms with Gasteiger partial charge in [-0.1, -0.05) is 61.7 Å². The number of nitrogens with zero attached hydrogens (tertiary/aromatic N) is 2. The summed E-state index contributed by atoms with van der Waals surface area (Å²) in [5.74, 6) is 0.664. The second kappa shape index (κ2) is 5.70. The molecule has 1 aromatic heterocycles. The molecule has 2 aliphatic rings. The molecule has 0 radical (unpaired) electrons. The summed E-state index contributed by atoms with van der Waals surface area (Å²) in [6.45, 7) is 0. The van der Waals surface area contributed by atoms with E-state index in [1.54, 1.807) is 0 Å². The largest absolute Gasteiger partial charge is 0.281 e. The molecule has 1 unspecified atom stereocenters. The van der Waals surface area contributed by atoms with Crippen LogP contribution in [0.4, 0.5) is 0 Å². The summed E-state index contributed by atoms with van der Waals surface area (Å²) >= 11 is 0. The van der Waals surface area contributed by atoms with Gasteiger partial charge in [-0.05, 0) is 24.3 Å². The molecule has 1 N–H and O–H groups in total. The summed E-state index contributed by atoms with van der Waals surface area (Å²) in [4.78, 5) is 0. The number of aromatic nitrogens is 2. The van der Waals surface area contributed by atoms with Gasteiger partial charge in [0.2, 0.25) is 0 Å². The van der Waals surface area contributed by atoms with Crippen LogP contribution >= 0.6 is 0 Å². The van der Waals surface area contributed by atoms with Crippen LogP contribution in [-0.2, 0) is 11.8 Å². The Balaban J connectivity index is 1.81. The van der Waals surface area contributed by atoms with Crippen LogP contribution in [0.5, 0.6) is 0 Å². The van der Waals surface area contributed by atoms with E-state index in [4.69, 9.17) is 0 Å². The van der Waals surface area contributed by atoms with Gasteiger partial charge in [-0.15, -0.1) is 0 Å². The number of allylic oxidation sites excluding steroid dienone is 1. The van der Waals surface area contributed by atoms with Crippen molar-refractivity contribution in [2.75, 3.05) is 0 Å². The predicted molar refractivity (Wildman–Crippen MR) is 90.7 cm³/mol. The number of hydrogen-bond donors (Lipinski definition) is 1. The highest BCUT2D eigenvalue weighted by atomic mass is 15.1. The maximum Gasteiger partial charge on any atom is 0.169 e. The van der Waals surface area contributed by atoms with E-state index in [0.29, 0.717) is 11.6 Å². The molecule has 1 aromatic carbocycles. The van der Waals surface area contributed by atoms with Crippen molar-refractivity contribution in [2.24, 2.45) is 5.92 Å². The zero-order valence-corrected chi connectivity index (χ0v) is 13.3. The lowest BCUT2D eigenvalue weighted by atomic mass is 9.61. The van der Waals surface area contributed by atoms with Crippen molar-refractivity contribution in [3.63, 3.8) is 0 Å². The Bertz CT molecular complexity index is 760. The minimum Gasteiger partial charge on any atom is -0.281 e. The first-order valence-electron chi connectivity index (χ1n) is 8.55. The average Bonchev–Trinajstić information content (AvgIpc) is 3.05. The lowest BCUT2D eigenvalue weighted by Gasteiger charge is -2.42. The molecule has 1 saturated carbocycles. The van der Waals surface area contributed by atoms with Gasteiger partial charge in [0.15, 0.2) is 5.69 Å². The van der Waals surface area contributed by atoms with Crippen LogP contribution in [0.25, 0.3) is 6.08 Å². The number of rotatable bonds is 2. The first-order chi connectivity index (χ1) is 11.3. The summed E-state index contributed by atoms with van der Waals surface area (Å²) < 4.78 is 0. The molecule has 2 aliphatic carbocycles. The standard InChI is InChI=1S/C20H21N3/c21-14-19-17-11-12-20(13-18(17)22-23-19,15-7-3-1-4-8-15)16-9-5-2-6-10-16/h1,3-4,7-8,11-12,16H,2,5-6,9-10,13H2,(H,22,23). The van der Waals surface area contributed by atoms with Crippen molar-refractivity contribution in [3.05, 3.63) is 58.9 Å². The zero-order valence-electron chi connectivity index (χ0n) is 13.3. The Kier molecular flexibility index (Phi) is 3.53. The molecule has 1 heterocycles. The Morgan fingerprint density at radius 1 is 1.13 bits per heavy atom. The van der Waals surface area contributed by atoms with E-state index in [-0.39, 0.29) is 5.41 Å². The topological polar surface area (TPSA) is 52.5 Å². The maximum atomic E-state index is 9.21. The Hall–Kier alpha value is -2.34. The molecule has 0 amide bonds. The van der Waals surface area contributed by atoms with Gasteiger partial charge in [0, 0.05) is 23.1 Å². The lowest BCUT2D eigenvalue weighted by Crippen LogP contribution is -2.38. The summed E-state index contributed by atoms with van der Waals surface area (Å²) in [5.41, 5.74) is 4.03. The SMILES string of the molecule is N#Cc1n[nH]c2c1C=CC(c1ccccc1)(C1CCCCC1)C2. The summed E-state index contributed by atoms with van der Waals surface area (Å²) in [6.07, 6.45) is 12.0. The molecular weight excluding hydrogens is 282 g/mol. The Morgan fingerprint density at radius 3 is 2.65 bits per heavy atom. The minimum absolute atomic E-state index is 0.0357. The number of benzene rings is 1. The second-order valence-electron chi connectivity index (χ2n) is 6.83. The summed E-state index contributed by atoms with van der Waals surface area (Å²) in [6, 6.07) is 13.1. The van der Waals surface area contributed by atoms with E-state index in [9.17, 15) is 5.26 Å². The minimum atomic E-state index is 0.0357. The highest BCUT2D eigenvalue weighted by molar-refractivity contribution is 5.63. The number of fused-ring (bicyclic) bond motifs is 1. The third kappa shape index (κ3) is 2.30. The lowest BCUT2D eigenvalue weighted by molar-refractivity contribution is 0.241. The molecule has 116 valence electrons. The molecule has 1 atom stereocenters. The molecule has 0 bridgehead atoms. The van der Waals surface area contributed by atoms with Crippen molar-refractivity contribution in [1.82, 2.24) is 10.2 Å². The summed E-state index contributed by atoms with van der Waals surface area (Å²) in [5, 5.41) is 16.5. The molecule has 1 fully saturated rings. The quantitative estimate of drug-likeness (QED) is 0.895. The van der Waals surface area contributed by atoms with E-state index in [1.165, 1.54) is 37.7 Å². The predicted octanol–water partition coefficient (Wildman–Crippen LogP) is 4.37. The molecule has 0 saturated heterocycles. The number of nitriles is 1.